The Kier molecular flexibility index (Phi) is 2.17. The summed E-state index contributed by atoms with van der Waals surface area (Å²) in [5, 5.41) is 7.96. The van der Waals surface area contributed by atoms with Gasteiger partial charge in [-0.3, -0.25) is 4.57 Å². The van der Waals surface area contributed by atoms with Gasteiger partial charge in [0.05, 0.1) is 0 Å². The molecule has 4 nitrogen and oxygen atoms in total. The van der Waals surface area contributed by atoms with E-state index in [1.165, 1.54) is 19.9 Å². The van der Waals surface area contributed by atoms with Gasteiger partial charge in [0.1, 0.15) is 0 Å². The summed E-state index contributed by atoms with van der Waals surface area (Å²) in [6.07, 6.45) is 0. The Morgan fingerprint density at radius 1 is 1.75 bits per heavy atom. The highest BCUT2D eigenvalue weighted by Gasteiger charge is 2.18. The Bertz CT molecular complexity index is 159. The quantitative estimate of drug-likeness (QED) is 0.521. The second-order valence-electron chi connectivity index (χ2n) is 1.49. The van der Waals surface area contributed by atoms with Gasteiger partial charge in [0.25, 0.3) is 0 Å². The van der Waals surface area contributed by atoms with E-state index < -0.39 is 7.52 Å². The molecule has 0 bridgehead atoms. The molecule has 0 heterocycles. The standard InChI is InChI=1S/C3H7N2O2P/c1-5(2)8(6,7)3-4/h1-2H3,(H,6,7). The fourth-order valence-corrected chi connectivity index (χ4v) is 0.268. The van der Waals surface area contributed by atoms with Crippen molar-refractivity contribution in [3.8, 4) is 5.81 Å². The van der Waals surface area contributed by atoms with Crippen molar-refractivity contribution in [1.29, 1.82) is 5.26 Å². The summed E-state index contributed by atoms with van der Waals surface area (Å²) in [5.74, 6) is 1.28. The van der Waals surface area contributed by atoms with E-state index >= 15 is 0 Å². The average molecular weight is 134 g/mol. The van der Waals surface area contributed by atoms with E-state index in [-0.39, 0.29) is 0 Å². The van der Waals surface area contributed by atoms with Crippen LogP contribution < -0.4 is 0 Å². The summed E-state index contributed by atoms with van der Waals surface area (Å²) in [4.78, 5) is 8.52. The third kappa shape index (κ3) is 1.63. The third-order valence-corrected chi connectivity index (χ3v) is 2.02. The molecule has 0 aliphatic carbocycles. The Labute approximate surface area is 47.8 Å². The van der Waals surface area contributed by atoms with E-state index in [9.17, 15) is 4.57 Å². The first-order valence-electron chi connectivity index (χ1n) is 1.92. The summed E-state index contributed by atoms with van der Waals surface area (Å²) in [6, 6.07) is 0. The molecule has 1 unspecified atom stereocenters. The molecule has 1 N–H and O–H groups in total. The number of hydrogen-bond donors (Lipinski definition) is 1. The first-order chi connectivity index (χ1) is 3.50. The first-order valence-corrected chi connectivity index (χ1v) is 3.54. The van der Waals surface area contributed by atoms with Crippen LogP contribution in [0.5, 0.6) is 0 Å². The van der Waals surface area contributed by atoms with Crippen LogP contribution in [-0.2, 0) is 4.57 Å². The highest BCUT2D eigenvalue weighted by atomic mass is 31.2. The van der Waals surface area contributed by atoms with Gasteiger partial charge in [-0.1, -0.05) is 0 Å². The minimum absolute atomic E-state index is 0.993. The fourth-order valence-electron chi connectivity index (χ4n) is 0.0894. The van der Waals surface area contributed by atoms with E-state index in [1.54, 1.807) is 0 Å². The molecule has 0 fully saturated rings. The highest BCUT2D eigenvalue weighted by molar-refractivity contribution is 7.60. The molecule has 0 saturated carbocycles. The fraction of sp³-hybridized carbons (Fsp3) is 0.667. The number of nitrogens with zero attached hydrogens (tertiary/aromatic N) is 2. The average Bonchev–Trinajstić information content (AvgIpc) is 1.67. The Morgan fingerprint density at radius 2 is 2.12 bits per heavy atom. The SMILES string of the molecule is CN(C)P(=O)(O)C#N. The minimum atomic E-state index is -3.61. The maximum Gasteiger partial charge on any atom is 0.368 e. The Hall–Kier alpha value is -0.360. The Morgan fingerprint density at radius 3 is 2.12 bits per heavy atom. The summed E-state index contributed by atoms with van der Waals surface area (Å²) in [6.45, 7) is 0. The molecule has 1 atom stereocenters. The Balaban J connectivity index is 4.21. The van der Waals surface area contributed by atoms with Crippen LogP contribution in [0.4, 0.5) is 0 Å². The van der Waals surface area contributed by atoms with Gasteiger partial charge < -0.3 is 4.89 Å². The minimum Gasteiger partial charge on any atom is -0.323 e. The van der Waals surface area contributed by atoms with E-state index in [1.807, 2.05) is 0 Å². The lowest BCUT2D eigenvalue weighted by Gasteiger charge is -2.08. The molecular weight excluding hydrogens is 127 g/mol. The number of nitriles is 1. The zero-order chi connectivity index (χ0) is 6.78. The predicted octanol–water partition coefficient (Wildman–Crippen LogP) is 0.214. The summed E-state index contributed by atoms with van der Waals surface area (Å²) >= 11 is 0. The molecule has 0 amide bonds. The van der Waals surface area contributed by atoms with Crippen LogP contribution in [0, 0.1) is 11.1 Å². The summed E-state index contributed by atoms with van der Waals surface area (Å²) in [5.41, 5.74) is 0. The van der Waals surface area contributed by atoms with Gasteiger partial charge in [-0.05, 0) is 14.1 Å². The van der Waals surface area contributed by atoms with Crippen LogP contribution in [-0.4, -0.2) is 23.7 Å². The number of hydrogen-bond acceptors (Lipinski definition) is 2. The van der Waals surface area contributed by atoms with Crippen LogP contribution >= 0.6 is 7.52 Å². The van der Waals surface area contributed by atoms with Crippen molar-refractivity contribution in [2.75, 3.05) is 14.1 Å². The van der Waals surface area contributed by atoms with Crippen LogP contribution in [0.1, 0.15) is 0 Å². The van der Waals surface area contributed by atoms with Gasteiger partial charge in [-0.15, -0.1) is 0 Å². The molecule has 5 heteroatoms. The van der Waals surface area contributed by atoms with Gasteiger partial charge in [0, 0.05) is 0 Å². The van der Waals surface area contributed by atoms with Gasteiger partial charge in [-0.2, -0.15) is 5.26 Å². The molecule has 0 rings (SSSR count). The van der Waals surface area contributed by atoms with Crippen LogP contribution in [0.3, 0.4) is 0 Å². The monoisotopic (exact) mass is 134 g/mol. The maximum atomic E-state index is 10.4. The smallest absolute Gasteiger partial charge is 0.323 e. The van der Waals surface area contributed by atoms with Crippen molar-refractivity contribution in [2.24, 2.45) is 0 Å². The molecule has 0 aliphatic rings. The summed E-state index contributed by atoms with van der Waals surface area (Å²) < 4.78 is 11.4. The van der Waals surface area contributed by atoms with Gasteiger partial charge in [-0.25, -0.2) is 4.67 Å². The molecule has 0 spiro atoms. The maximum absolute atomic E-state index is 10.4. The van der Waals surface area contributed by atoms with E-state index in [0.29, 0.717) is 0 Å². The van der Waals surface area contributed by atoms with Crippen molar-refractivity contribution >= 4 is 7.52 Å². The van der Waals surface area contributed by atoms with Crippen molar-refractivity contribution in [2.45, 2.75) is 0 Å². The molecule has 0 aliphatic heterocycles. The van der Waals surface area contributed by atoms with E-state index in [4.69, 9.17) is 10.2 Å². The van der Waals surface area contributed by atoms with Gasteiger partial charge >= 0.3 is 7.52 Å². The van der Waals surface area contributed by atoms with Crippen LogP contribution in [0.15, 0.2) is 0 Å². The molecule has 0 saturated heterocycles. The van der Waals surface area contributed by atoms with Crippen LogP contribution in [0.25, 0.3) is 0 Å². The zero-order valence-corrected chi connectivity index (χ0v) is 5.59. The van der Waals surface area contributed by atoms with Gasteiger partial charge in [0.15, 0.2) is 5.81 Å². The van der Waals surface area contributed by atoms with E-state index in [0.717, 1.165) is 4.67 Å². The third-order valence-electron chi connectivity index (χ3n) is 0.672. The number of rotatable bonds is 1. The molecular formula is C3H7N2O2P. The van der Waals surface area contributed by atoms with Crippen molar-refractivity contribution in [3.63, 3.8) is 0 Å². The molecule has 46 valence electrons. The lowest BCUT2D eigenvalue weighted by molar-refractivity contribution is 0.424. The molecule has 0 aromatic carbocycles. The van der Waals surface area contributed by atoms with Crippen molar-refractivity contribution in [1.82, 2.24) is 4.67 Å². The van der Waals surface area contributed by atoms with E-state index in [2.05, 4.69) is 0 Å². The topological polar surface area (TPSA) is 64.3 Å². The van der Waals surface area contributed by atoms with Crippen molar-refractivity contribution in [3.05, 3.63) is 0 Å². The lowest BCUT2D eigenvalue weighted by atomic mass is 11.3. The molecule has 0 aromatic heterocycles. The first kappa shape index (κ1) is 7.64. The summed E-state index contributed by atoms with van der Waals surface area (Å²) in [7, 11) is -0.849. The second kappa shape index (κ2) is 2.27. The van der Waals surface area contributed by atoms with Gasteiger partial charge in [0.2, 0.25) is 0 Å². The highest BCUT2D eigenvalue weighted by Crippen LogP contribution is 2.40. The zero-order valence-electron chi connectivity index (χ0n) is 4.70. The molecule has 0 aromatic rings. The predicted molar refractivity (Wildman–Crippen MR) is 29.1 cm³/mol. The van der Waals surface area contributed by atoms with Crippen molar-refractivity contribution < 1.29 is 9.46 Å². The molecule has 8 heavy (non-hydrogen) atoms. The largest absolute Gasteiger partial charge is 0.368 e. The molecule has 0 radical (unpaired) electrons. The van der Waals surface area contributed by atoms with Crippen LogP contribution in [0.2, 0.25) is 0 Å². The lowest BCUT2D eigenvalue weighted by Crippen LogP contribution is -2.05. The normalized spacial score (nSPS) is 17.4. The second-order valence-corrected chi connectivity index (χ2v) is 3.58.